The lowest BCUT2D eigenvalue weighted by Crippen LogP contribution is -2.32. The molecule has 1 N–H and O–H groups in total. The van der Waals surface area contributed by atoms with Crippen molar-refractivity contribution >= 4 is 5.78 Å². The molecule has 0 unspecified atom stereocenters. The Hall–Kier alpha value is -0.670. The van der Waals surface area contributed by atoms with Crippen molar-refractivity contribution < 1.29 is 9.53 Å². The van der Waals surface area contributed by atoms with Gasteiger partial charge in [-0.2, -0.15) is 0 Å². The number of ether oxygens (including phenoxy) is 1. The van der Waals surface area contributed by atoms with Crippen LogP contribution in [0.15, 0.2) is 12.7 Å². The molecule has 0 saturated carbocycles. The quantitative estimate of drug-likeness (QED) is 0.480. The molecule has 18 heavy (non-hydrogen) atoms. The Bertz CT molecular complexity index is 235. The standard InChI is InChI=1S/C15H27NO2/c1-2-3-4-5-6-7-14(17)10-13-18-15-8-11-16-12-9-15/h2,15-16H,1,3-13H2. The molecule has 0 bridgehead atoms. The van der Waals surface area contributed by atoms with Crippen LogP contribution in [0.4, 0.5) is 0 Å². The van der Waals surface area contributed by atoms with Gasteiger partial charge in [0.15, 0.2) is 0 Å². The van der Waals surface area contributed by atoms with Crippen molar-refractivity contribution in [3.8, 4) is 0 Å². The summed E-state index contributed by atoms with van der Waals surface area (Å²) in [6.07, 6.45) is 10.1. The van der Waals surface area contributed by atoms with Gasteiger partial charge in [-0.15, -0.1) is 6.58 Å². The zero-order valence-electron chi connectivity index (χ0n) is 11.5. The molecule has 0 atom stereocenters. The molecule has 0 aliphatic carbocycles. The maximum atomic E-state index is 11.6. The maximum Gasteiger partial charge on any atom is 0.135 e. The fourth-order valence-corrected chi connectivity index (χ4v) is 2.21. The number of nitrogens with one attached hydrogen (secondary N) is 1. The first-order valence-electron chi connectivity index (χ1n) is 7.28. The molecule has 0 spiro atoms. The summed E-state index contributed by atoms with van der Waals surface area (Å²) in [7, 11) is 0. The first-order valence-corrected chi connectivity index (χ1v) is 7.28. The van der Waals surface area contributed by atoms with Crippen LogP contribution in [0.3, 0.4) is 0 Å². The van der Waals surface area contributed by atoms with Crippen molar-refractivity contribution in [1.82, 2.24) is 5.32 Å². The Morgan fingerprint density at radius 3 is 2.72 bits per heavy atom. The zero-order chi connectivity index (χ0) is 13.1. The van der Waals surface area contributed by atoms with Crippen molar-refractivity contribution in [2.75, 3.05) is 19.7 Å². The molecule has 0 aromatic heterocycles. The van der Waals surface area contributed by atoms with Crippen LogP contribution < -0.4 is 5.32 Å². The summed E-state index contributed by atoms with van der Waals surface area (Å²) >= 11 is 0. The smallest absolute Gasteiger partial charge is 0.135 e. The van der Waals surface area contributed by atoms with Crippen LogP contribution in [0.1, 0.15) is 51.4 Å². The fourth-order valence-electron chi connectivity index (χ4n) is 2.21. The summed E-state index contributed by atoms with van der Waals surface area (Å²) in [6, 6.07) is 0. The van der Waals surface area contributed by atoms with E-state index in [1.54, 1.807) is 0 Å². The molecule has 3 nitrogen and oxygen atoms in total. The van der Waals surface area contributed by atoms with Crippen molar-refractivity contribution in [1.29, 1.82) is 0 Å². The third-order valence-electron chi connectivity index (χ3n) is 3.38. The minimum absolute atomic E-state index is 0.350. The molecule has 1 saturated heterocycles. The second kappa shape index (κ2) is 10.3. The molecule has 1 aliphatic heterocycles. The third-order valence-corrected chi connectivity index (χ3v) is 3.38. The molecule has 0 radical (unpaired) electrons. The van der Waals surface area contributed by atoms with E-state index in [-0.39, 0.29) is 0 Å². The van der Waals surface area contributed by atoms with Crippen LogP contribution in [0.2, 0.25) is 0 Å². The first kappa shape index (κ1) is 15.4. The summed E-state index contributed by atoms with van der Waals surface area (Å²) in [4.78, 5) is 11.6. The largest absolute Gasteiger partial charge is 0.378 e. The summed E-state index contributed by atoms with van der Waals surface area (Å²) in [5.74, 6) is 0.350. The molecule has 0 amide bonds. The number of hydrogen-bond acceptors (Lipinski definition) is 3. The van der Waals surface area contributed by atoms with Crippen LogP contribution in [0, 0.1) is 0 Å². The molecule has 1 heterocycles. The monoisotopic (exact) mass is 253 g/mol. The topological polar surface area (TPSA) is 38.3 Å². The number of unbranched alkanes of at least 4 members (excludes halogenated alkanes) is 3. The Balaban J connectivity index is 1.91. The lowest BCUT2D eigenvalue weighted by molar-refractivity contribution is -0.120. The van der Waals surface area contributed by atoms with E-state index in [0.29, 0.717) is 31.3 Å². The van der Waals surface area contributed by atoms with Gasteiger partial charge < -0.3 is 10.1 Å². The Labute approximate surface area is 111 Å². The van der Waals surface area contributed by atoms with Gasteiger partial charge in [0.1, 0.15) is 5.78 Å². The molecule has 1 fully saturated rings. The highest BCUT2D eigenvalue weighted by Gasteiger charge is 2.13. The number of ketones is 1. The normalized spacial score (nSPS) is 16.7. The molecule has 3 heteroatoms. The highest BCUT2D eigenvalue weighted by Crippen LogP contribution is 2.09. The minimum atomic E-state index is 0.350. The summed E-state index contributed by atoms with van der Waals surface area (Å²) in [5.41, 5.74) is 0. The van der Waals surface area contributed by atoms with Crippen molar-refractivity contribution in [2.45, 2.75) is 57.5 Å². The number of allylic oxidation sites excluding steroid dienone is 1. The Morgan fingerprint density at radius 1 is 1.22 bits per heavy atom. The van der Waals surface area contributed by atoms with Crippen LogP contribution in [0.5, 0.6) is 0 Å². The van der Waals surface area contributed by atoms with Crippen molar-refractivity contribution in [3.05, 3.63) is 12.7 Å². The average molecular weight is 253 g/mol. The van der Waals surface area contributed by atoms with Crippen molar-refractivity contribution in [3.63, 3.8) is 0 Å². The summed E-state index contributed by atoms with van der Waals surface area (Å²) < 4.78 is 5.72. The first-order chi connectivity index (χ1) is 8.83. The van der Waals surface area contributed by atoms with Crippen LogP contribution in [0.25, 0.3) is 0 Å². The second-order valence-electron chi connectivity index (χ2n) is 5.00. The van der Waals surface area contributed by atoms with E-state index in [1.807, 2.05) is 6.08 Å². The van der Waals surface area contributed by atoms with Gasteiger partial charge in [-0.1, -0.05) is 12.5 Å². The fraction of sp³-hybridized carbons (Fsp3) is 0.800. The van der Waals surface area contributed by atoms with Gasteiger partial charge in [0, 0.05) is 12.8 Å². The lowest BCUT2D eigenvalue weighted by atomic mass is 10.1. The van der Waals surface area contributed by atoms with Crippen molar-refractivity contribution in [2.24, 2.45) is 0 Å². The Morgan fingerprint density at radius 2 is 2.00 bits per heavy atom. The zero-order valence-corrected chi connectivity index (χ0v) is 11.5. The number of hydrogen-bond donors (Lipinski definition) is 1. The molecule has 0 aromatic carbocycles. The molecular weight excluding hydrogens is 226 g/mol. The number of rotatable bonds is 10. The van der Waals surface area contributed by atoms with Gasteiger partial charge in [-0.3, -0.25) is 4.79 Å². The maximum absolute atomic E-state index is 11.6. The predicted octanol–water partition coefficient (Wildman–Crippen LogP) is 2.85. The summed E-state index contributed by atoms with van der Waals surface area (Å²) in [5, 5.41) is 3.30. The van der Waals surface area contributed by atoms with Gasteiger partial charge in [0.2, 0.25) is 0 Å². The minimum Gasteiger partial charge on any atom is -0.378 e. The SMILES string of the molecule is C=CCCCCCC(=O)CCOC1CCNCC1. The van der Waals surface area contributed by atoms with E-state index in [0.717, 1.165) is 51.6 Å². The van der Waals surface area contributed by atoms with Gasteiger partial charge >= 0.3 is 0 Å². The van der Waals surface area contributed by atoms with E-state index < -0.39 is 0 Å². The van der Waals surface area contributed by atoms with E-state index in [4.69, 9.17) is 4.74 Å². The van der Waals surface area contributed by atoms with E-state index in [2.05, 4.69) is 11.9 Å². The van der Waals surface area contributed by atoms with E-state index >= 15 is 0 Å². The number of piperidine rings is 1. The third kappa shape index (κ3) is 7.62. The van der Waals surface area contributed by atoms with Gasteiger partial charge in [0.25, 0.3) is 0 Å². The van der Waals surface area contributed by atoms with E-state index in [1.165, 1.54) is 0 Å². The summed E-state index contributed by atoms with van der Waals surface area (Å²) in [6.45, 7) is 6.38. The Kier molecular flexibility index (Phi) is 8.78. The van der Waals surface area contributed by atoms with Crippen LogP contribution in [-0.4, -0.2) is 31.6 Å². The predicted molar refractivity (Wildman–Crippen MR) is 74.7 cm³/mol. The van der Waals surface area contributed by atoms with Crippen LogP contribution >= 0.6 is 0 Å². The molecule has 0 aromatic rings. The van der Waals surface area contributed by atoms with Crippen LogP contribution in [-0.2, 0) is 9.53 Å². The number of Topliss-reactive ketones (excluding diaryl/α,β-unsaturated/α-hetero) is 1. The molecule has 104 valence electrons. The van der Waals surface area contributed by atoms with E-state index in [9.17, 15) is 4.79 Å². The number of carbonyl (C=O) groups excluding carboxylic acids is 1. The highest BCUT2D eigenvalue weighted by molar-refractivity contribution is 5.78. The second-order valence-corrected chi connectivity index (χ2v) is 5.00. The lowest BCUT2D eigenvalue weighted by Gasteiger charge is -2.22. The molecule has 1 aliphatic rings. The van der Waals surface area contributed by atoms with Gasteiger partial charge in [-0.05, 0) is 45.2 Å². The van der Waals surface area contributed by atoms with Gasteiger partial charge in [0.05, 0.1) is 12.7 Å². The van der Waals surface area contributed by atoms with Gasteiger partial charge in [-0.25, -0.2) is 0 Å². The molecular formula is C15H27NO2. The number of carbonyl (C=O) groups is 1. The molecule has 1 rings (SSSR count). The highest BCUT2D eigenvalue weighted by atomic mass is 16.5. The average Bonchev–Trinajstić information content (AvgIpc) is 2.40.